The molecule has 0 spiro atoms. The van der Waals surface area contributed by atoms with Crippen LogP contribution >= 0.6 is 0 Å². The van der Waals surface area contributed by atoms with Crippen LogP contribution in [0.15, 0.2) is 42.6 Å². The van der Waals surface area contributed by atoms with Gasteiger partial charge in [0.05, 0.1) is 0 Å². The fraction of sp³-hybridized carbons (Fsp3) is 0.391. The smallest absolute Gasteiger partial charge is 0.163 e. The van der Waals surface area contributed by atoms with E-state index in [2.05, 4.69) is 33.8 Å². The summed E-state index contributed by atoms with van der Waals surface area (Å²) in [5, 5.41) is 0.731. The van der Waals surface area contributed by atoms with Crippen LogP contribution < -0.4 is 14.4 Å². The molecule has 0 radical (unpaired) electrons. The first kappa shape index (κ1) is 18.3. The number of nitrogens with zero attached hydrogens (tertiary/aromatic N) is 2. The maximum Gasteiger partial charge on any atom is 0.163 e. The molecule has 3 heterocycles. The highest BCUT2D eigenvalue weighted by molar-refractivity contribution is 5.84. The molecule has 0 amide bonds. The molecule has 5 nitrogen and oxygen atoms in total. The summed E-state index contributed by atoms with van der Waals surface area (Å²) in [6, 6.07) is 11.4. The Labute approximate surface area is 170 Å². The SMILES string of the molecule is CC(CN1CCN(c2ccc3c(c2)OCCO3)CC1)c1c[nH]c2cccc(F)c12. The lowest BCUT2D eigenvalue weighted by Gasteiger charge is -2.37. The summed E-state index contributed by atoms with van der Waals surface area (Å²) in [5.74, 6) is 1.79. The number of aromatic amines is 1. The third kappa shape index (κ3) is 3.53. The topological polar surface area (TPSA) is 40.7 Å². The molecule has 2 aromatic carbocycles. The number of ether oxygens (including phenoxy) is 2. The van der Waals surface area contributed by atoms with Crippen LogP contribution in [0.25, 0.3) is 10.9 Å². The van der Waals surface area contributed by atoms with E-state index in [-0.39, 0.29) is 11.7 Å². The maximum atomic E-state index is 14.3. The first-order valence-electron chi connectivity index (χ1n) is 10.3. The van der Waals surface area contributed by atoms with E-state index in [0.29, 0.717) is 13.2 Å². The van der Waals surface area contributed by atoms with E-state index >= 15 is 0 Å². The molecule has 3 aromatic rings. The molecular weight excluding hydrogens is 369 g/mol. The molecule has 0 bridgehead atoms. The summed E-state index contributed by atoms with van der Waals surface area (Å²) in [6.07, 6.45) is 1.96. The molecule has 2 aliphatic rings. The van der Waals surface area contributed by atoms with Gasteiger partial charge in [-0.2, -0.15) is 0 Å². The van der Waals surface area contributed by atoms with Crippen molar-refractivity contribution in [1.29, 1.82) is 0 Å². The Hall–Kier alpha value is -2.73. The van der Waals surface area contributed by atoms with Crippen molar-refractivity contribution < 1.29 is 13.9 Å². The van der Waals surface area contributed by atoms with Gasteiger partial charge in [-0.1, -0.05) is 13.0 Å². The molecule has 1 unspecified atom stereocenters. The van der Waals surface area contributed by atoms with Gasteiger partial charge < -0.3 is 19.4 Å². The van der Waals surface area contributed by atoms with Crippen molar-refractivity contribution in [2.24, 2.45) is 0 Å². The van der Waals surface area contributed by atoms with Crippen LogP contribution in [0.1, 0.15) is 18.4 Å². The molecule has 1 N–H and O–H groups in total. The minimum Gasteiger partial charge on any atom is -0.486 e. The van der Waals surface area contributed by atoms with E-state index in [1.54, 1.807) is 12.1 Å². The van der Waals surface area contributed by atoms with Gasteiger partial charge in [0.15, 0.2) is 11.5 Å². The van der Waals surface area contributed by atoms with Gasteiger partial charge in [0.2, 0.25) is 0 Å². The van der Waals surface area contributed by atoms with Crippen molar-refractivity contribution >= 4 is 16.6 Å². The predicted octanol–water partition coefficient (Wildman–Crippen LogP) is 4.00. The minimum atomic E-state index is -0.144. The van der Waals surface area contributed by atoms with Gasteiger partial charge in [0, 0.05) is 61.6 Å². The van der Waals surface area contributed by atoms with E-state index < -0.39 is 0 Å². The Bertz CT molecular complexity index is 1010. The van der Waals surface area contributed by atoms with E-state index in [1.807, 2.05) is 18.3 Å². The van der Waals surface area contributed by atoms with Gasteiger partial charge in [0.25, 0.3) is 0 Å². The molecule has 1 saturated heterocycles. The van der Waals surface area contributed by atoms with Gasteiger partial charge in [-0.25, -0.2) is 4.39 Å². The first-order valence-corrected chi connectivity index (χ1v) is 10.3. The molecule has 1 atom stereocenters. The van der Waals surface area contributed by atoms with Crippen molar-refractivity contribution in [3.63, 3.8) is 0 Å². The lowest BCUT2D eigenvalue weighted by atomic mass is 9.99. The fourth-order valence-corrected chi connectivity index (χ4v) is 4.46. The lowest BCUT2D eigenvalue weighted by molar-refractivity contribution is 0.171. The summed E-state index contributed by atoms with van der Waals surface area (Å²) >= 11 is 0. The third-order valence-electron chi connectivity index (χ3n) is 6.01. The Morgan fingerprint density at radius 1 is 1.03 bits per heavy atom. The molecule has 0 saturated carbocycles. The van der Waals surface area contributed by atoms with E-state index in [9.17, 15) is 4.39 Å². The van der Waals surface area contributed by atoms with Crippen LogP contribution in [0.5, 0.6) is 11.5 Å². The zero-order chi connectivity index (χ0) is 19.8. The molecule has 2 aliphatic heterocycles. The number of H-pyrrole nitrogens is 1. The number of hydrogen-bond acceptors (Lipinski definition) is 4. The van der Waals surface area contributed by atoms with Gasteiger partial charge in [-0.3, -0.25) is 4.90 Å². The number of halogens is 1. The highest BCUT2D eigenvalue weighted by Crippen LogP contribution is 2.34. The molecule has 1 aromatic heterocycles. The first-order chi connectivity index (χ1) is 14.2. The average Bonchev–Trinajstić information content (AvgIpc) is 3.20. The van der Waals surface area contributed by atoms with Crippen LogP contribution in [0.2, 0.25) is 0 Å². The van der Waals surface area contributed by atoms with E-state index in [4.69, 9.17) is 9.47 Å². The standard InChI is InChI=1S/C23H26FN3O2/c1-16(18-14-25-20-4-2-3-19(24)23(18)20)15-26-7-9-27(10-8-26)17-5-6-21-22(13-17)29-12-11-28-21/h2-6,13-14,16,25H,7-12,15H2,1H3. The monoisotopic (exact) mass is 395 g/mol. The number of fused-ring (bicyclic) bond motifs is 2. The van der Waals surface area contributed by atoms with Gasteiger partial charge in [0.1, 0.15) is 19.0 Å². The number of rotatable bonds is 4. The van der Waals surface area contributed by atoms with Crippen LogP contribution in [-0.2, 0) is 0 Å². The highest BCUT2D eigenvalue weighted by Gasteiger charge is 2.22. The summed E-state index contributed by atoms with van der Waals surface area (Å²) in [7, 11) is 0. The van der Waals surface area contributed by atoms with Crippen molar-refractivity contribution in [2.75, 3.05) is 50.8 Å². The normalized spacial score (nSPS) is 18.2. The minimum absolute atomic E-state index is 0.144. The molecule has 5 rings (SSSR count). The second-order valence-corrected chi connectivity index (χ2v) is 7.92. The number of benzene rings is 2. The van der Waals surface area contributed by atoms with Crippen LogP contribution in [0.3, 0.4) is 0 Å². The molecule has 1 fully saturated rings. The van der Waals surface area contributed by atoms with Crippen LogP contribution in [-0.4, -0.2) is 55.8 Å². The Kier molecular flexibility index (Phi) is 4.79. The zero-order valence-corrected chi connectivity index (χ0v) is 16.7. The summed E-state index contributed by atoms with van der Waals surface area (Å²) < 4.78 is 25.7. The Balaban J connectivity index is 1.23. The predicted molar refractivity (Wildman–Crippen MR) is 113 cm³/mol. The second-order valence-electron chi connectivity index (χ2n) is 7.92. The molecule has 29 heavy (non-hydrogen) atoms. The van der Waals surface area contributed by atoms with Gasteiger partial charge in [-0.05, 0) is 35.7 Å². The number of piperazine rings is 1. The Morgan fingerprint density at radius 3 is 2.66 bits per heavy atom. The van der Waals surface area contributed by atoms with Gasteiger partial charge >= 0.3 is 0 Å². The van der Waals surface area contributed by atoms with Gasteiger partial charge in [-0.15, -0.1) is 0 Å². The lowest BCUT2D eigenvalue weighted by Crippen LogP contribution is -2.47. The molecule has 0 aliphatic carbocycles. The number of aromatic nitrogens is 1. The summed E-state index contributed by atoms with van der Waals surface area (Å²) in [5.41, 5.74) is 3.11. The molecule has 6 heteroatoms. The largest absolute Gasteiger partial charge is 0.486 e. The van der Waals surface area contributed by atoms with E-state index in [0.717, 1.165) is 60.7 Å². The quantitative estimate of drug-likeness (QED) is 0.725. The third-order valence-corrected chi connectivity index (χ3v) is 6.01. The van der Waals surface area contributed by atoms with Crippen molar-refractivity contribution in [3.05, 3.63) is 54.0 Å². The van der Waals surface area contributed by atoms with Crippen LogP contribution in [0.4, 0.5) is 10.1 Å². The van der Waals surface area contributed by atoms with Crippen molar-refractivity contribution in [1.82, 2.24) is 9.88 Å². The van der Waals surface area contributed by atoms with Crippen molar-refractivity contribution in [2.45, 2.75) is 12.8 Å². The second kappa shape index (κ2) is 7.59. The van der Waals surface area contributed by atoms with Crippen molar-refractivity contribution in [3.8, 4) is 11.5 Å². The van der Waals surface area contributed by atoms with E-state index in [1.165, 1.54) is 5.69 Å². The fourth-order valence-electron chi connectivity index (χ4n) is 4.46. The molecule has 152 valence electrons. The van der Waals surface area contributed by atoms with Crippen LogP contribution in [0, 0.1) is 5.82 Å². The molecular formula is C23H26FN3O2. The zero-order valence-electron chi connectivity index (χ0n) is 16.7. The number of nitrogens with one attached hydrogen (secondary N) is 1. The highest BCUT2D eigenvalue weighted by atomic mass is 19.1. The maximum absolute atomic E-state index is 14.3. The Morgan fingerprint density at radius 2 is 1.83 bits per heavy atom. The summed E-state index contributed by atoms with van der Waals surface area (Å²) in [4.78, 5) is 8.08. The number of anilines is 1. The number of hydrogen-bond donors (Lipinski definition) is 1. The summed E-state index contributed by atoms with van der Waals surface area (Å²) in [6.45, 7) is 8.25. The average molecular weight is 395 g/mol.